The molecule has 8 nitrogen and oxygen atoms in total. The smallest absolute Gasteiger partial charge is 0.246 e. The third kappa shape index (κ3) is 5.37. The molecule has 2 saturated heterocycles. The molecule has 1 aromatic carbocycles. The first-order valence-corrected chi connectivity index (χ1v) is 11.2. The van der Waals surface area contributed by atoms with Crippen LogP contribution in [0.2, 0.25) is 0 Å². The standard InChI is InChI=1S/C24H32N6O2/c1-19-25-22(28-12-10-27(2)11-13-28)18-23(26-19)29-14-16-30(17-15-29)24(31)9-6-20-4-7-21(32-3)8-5-20/h4-9,18H,10-17H2,1-3H3/b9-6+. The molecule has 8 heteroatoms. The van der Waals surface area contributed by atoms with Crippen LogP contribution in [0, 0.1) is 6.92 Å². The van der Waals surface area contributed by atoms with Gasteiger partial charge in [-0.25, -0.2) is 9.97 Å². The average Bonchev–Trinajstić information content (AvgIpc) is 2.83. The number of carbonyl (C=O) groups is 1. The monoisotopic (exact) mass is 436 g/mol. The maximum absolute atomic E-state index is 12.6. The van der Waals surface area contributed by atoms with Crippen LogP contribution < -0.4 is 14.5 Å². The van der Waals surface area contributed by atoms with Crippen LogP contribution in [0.1, 0.15) is 11.4 Å². The van der Waals surface area contributed by atoms with Gasteiger partial charge < -0.3 is 24.3 Å². The molecule has 0 spiro atoms. The number of carbonyl (C=O) groups excluding carboxylic acids is 1. The number of aryl methyl sites for hydroxylation is 1. The predicted molar refractivity (Wildman–Crippen MR) is 127 cm³/mol. The molecule has 2 aromatic rings. The summed E-state index contributed by atoms with van der Waals surface area (Å²) in [7, 11) is 3.80. The minimum atomic E-state index is 0.0393. The lowest BCUT2D eigenvalue weighted by molar-refractivity contribution is -0.126. The number of aromatic nitrogens is 2. The normalized spacial score (nSPS) is 17.8. The second-order valence-electron chi connectivity index (χ2n) is 8.34. The topological polar surface area (TPSA) is 65.0 Å². The Morgan fingerprint density at radius 3 is 2.03 bits per heavy atom. The maximum atomic E-state index is 12.6. The molecule has 0 saturated carbocycles. The number of benzene rings is 1. The molecule has 2 fully saturated rings. The van der Waals surface area contributed by atoms with Crippen LogP contribution in [0.3, 0.4) is 0 Å². The number of anilines is 2. The van der Waals surface area contributed by atoms with Gasteiger partial charge >= 0.3 is 0 Å². The van der Waals surface area contributed by atoms with Gasteiger partial charge in [0, 0.05) is 64.5 Å². The molecule has 3 heterocycles. The summed E-state index contributed by atoms with van der Waals surface area (Å²) in [5.41, 5.74) is 0.977. The van der Waals surface area contributed by atoms with Crippen LogP contribution in [0.25, 0.3) is 6.08 Å². The lowest BCUT2D eigenvalue weighted by Crippen LogP contribution is -2.49. The molecule has 0 atom stereocenters. The molecule has 4 rings (SSSR count). The summed E-state index contributed by atoms with van der Waals surface area (Å²) < 4.78 is 5.17. The Morgan fingerprint density at radius 2 is 1.47 bits per heavy atom. The van der Waals surface area contributed by atoms with Gasteiger partial charge in [0.15, 0.2) is 0 Å². The van der Waals surface area contributed by atoms with Crippen molar-refractivity contribution in [3.05, 3.63) is 47.8 Å². The van der Waals surface area contributed by atoms with Gasteiger partial charge in [0.2, 0.25) is 5.91 Å². The van der Waals surface area contributed by atoms with E-state index in [1.165, 1.54) is 0 Å². The number of nitrogens with zero attached hydrogens (tertiary/aromatic N) is 6. The van der Waals surface area contributed by atoms with Crippen molar-refractivity contribution < 1.29 is 9.53 Å². The van der Waals surface area contributed by atoms with Crippen molar-refractivity contribution in [1.29, 1.82) is 0 Å². The summed E-state index contributed by atoms with van der Waals surface area (Å²) in [5.74, 6) is 3.59. The van der Waals surface area contributed by atoms with Gasteiger partial charge in [-0.1, -0.05) is 12.1 Å². The van der Waals surface area contributed by atoms with E-state index in [1.807, 2.05) is 42.2 Å². The van der Waals surface area contributed by atoms with Crippen molar-refractivity contribution in [2.75, 3.05) is 76.3 Å². The fraction of sp³-hybridized carbons (Fsp3) is 0.458. The number of ether oxygens (including phenoxy) is 1. The first-order chi connectivity index (χ1) is 15.5. The highest BCUT2D eigenvalue weighted by atomic mass is 16.5. The minimum absolute atomic E-state index is 0.0393. The number of likely N-dealkylation sites (N-methyl/N-ethyl adjacent to an activating group) is 1. The second kappa shape index (κ2) is 9.99. The average molecular weight is 437 g/mol. The Morgan fingerprint density at radius 1 is 0.906 bits per heavy atom. The molecule has 2 aliphatic rings. The third-order valence-corrected chi connectivity index (χ3v) is 6.09. The zero-order chi connectivity index (χ0) is 22.5. The van der Waals surface area contributed by atoms with Crippen LogP contribution in [0.4, 0.5) is 11.6 Å². The Balaban J connectivity index is 1.34. The van der Waals surface area contributed by atoms with Gasteiger partial charge in [0.05, 0.1) is 7.11 Å². The van der Waals surface area contributed by atoms with Gasteiger partial charge in [-0.2, -0.15) is 0 Å². The number of methoxy groups -OCH3 is 1. The molecule has 0 unspecified atom stereocenters. The largest absolute Gasteiger partial charge is 0.497 e. The molecule has 0 aliphatic carbocycles. The number of piperazine rings is 2. The van der Waals surface area contributed by atoms with Crippen molar-refractivity contribution in [3.63, 3.8) is 0 Å². The lowest BCUT2D eigenvalue weighted by Gasteiger charge is -2.36. The van der Waals surface area contributed by atoms with Crippen molar-refractivity contribution in [2.24, 2.45) is 0 Å². The zero-order valence-corrected chi connectivity index (χ0v) is 19.2. The fourth-order valence-corrected chi connectivity index (χ4v) is 4.04. The minimum Gasteiger partial charge on any atom is -0.497 e. The van der Waals surface area contributed by atoms with E-state index in [1.54, 1.807) is 13.2 Å². The summed E-state index contributed by atoms with van der Waals surface area (Å²) in [5, 5.41) is 0. The lowest BCUT2D eigenvalue weighted by atomic mass is 10.2. The highest BCUT2D eigenvalue weighted by Gasteiger charge is 2.23. The molecule has 32 heavy (non-hydrogen) atoms. The third-order valence-electron chi connectivity index (χ3n) is 6.09. The van der Waals surface area contributed by atoms with E-state index >= 15 is 0 Å². The molecular formula is C24H32N6O2. The Kier molecular flexibility index (Phi) is 6.90. The van der Waals surface area contributed by atoms with Crippen molar-refractivity contribution in [3.8, 4) is 5.75 Å². The van der Waals surface area contributed by atoms with Crippen LogP contribution in [-0.4, -0.2) is 92.2 Å². The Labute approximate surface area is 190 Å². The Hall–Kier alpha value is -3.13. The van der Waals surface area contributed by atoms with Gasteiger partial charge in [-0.05, 0) is 37.7 Å². The molecule has 0 N–H and O–H groups in total. The fourth-order valence-electron chi connectivity index (χ4n) is 4.04. The van der Waals surface area contributed by atoms with Crippen molar-refractivity contribution >= 4 is 23.6 Å². The highest BCUT2D eigenvalue weighted by molar-refractivity contribution is 5.92. The van der Waals surface area contributed by atoms with Gasteiger partial charge in [-0.3, -0.25) is 4.79 Å². The summed E-state index contributed by atoms with van der Waals surface area (Å²) >= 11 is 0. The molecule has 0 bridgehead atoms. The summed E-state index contributed by atoms with van der Waals surface area (Å²) in [6.07, 6.45) is 3.50. The van der Waals surface area contributed by atoms with Crippen LogP contribution in [-0.2, 0) is 4.79 Å². The van der Waals surface area contributed by atoms with Crippen LogP contribution >= 0.6 is 0 Å². The predicted octanol–water partition coefficient (Wildman–Crippen LogP) is 1.91. The van der Waals surface area contributed by atoms with E-state index in [2.05, 4.69) is 37.8 Å². The molecule has 2 aliphatic heterocycles. The molecule has 1 aromatic heterocycles. The molecule has 0 radical (unpaired) electrons. The van der Waals surface area contributed by atoms with E-state index in [0.717, 1.165) is 68.0 Å². The van der Waals surface area contributed by atoms with E-state index in [9.17, 15) is 4.79 Å². The number of rotatable bonds is 5. The quantitative estimate of drug-likeness (QED) is 0.664. The van der Waals surface area contributed by atoms with E-state index in [4.69, 9.17) is 4.74 Å². The second-order valence-corrected chi connectivity index (χ2v) is 8.34. The summed E-state index contributed by atoms with van der Waals surface area (Å²) in [6.45, 7) is 8.89. The highest BCUT2D eigenvalue weighted by Crippen LogP contribution is 2.22. The van der Waals surface area contributed by atoms with Crippen LogP contribution in [0.15, 0.2) is 36.4 Å². The van der Waals surface area contributed by atoms with Gasteiger partial charge in [0.25, 0.3) is 0 Å². The number of hydrogen-bond acceptors (Lipinski definition) is 7. The molecule has 1 amide bonds. The Bertz CT molecular complexity index is 945. The first-order valence-electron chi connectivity index (χ1n) is 11.2. The SMILES string of the molecule is COc1ccc(/C=C/C(=O)N2CCN(c3cc(N4CCN(C)CC4)nc(C)n3)CC2)cc1. The molecular weight excluding hydrogens is 404 g/mol. The van der Waals surface area contributed by atoms with Gasteiger partial charge in [0.1, 0.15) is 23.2 Å². The van der Waals surface area contributed by atoms with Crippen molar-refractivity contribution in [1.82, 2.24) is 19.8 Å². The molecule has 170 valence electrons. The van der Waals surface area contributed by atoms with E-state index < -0.39 is 0 Å². The summed E-state index contributed by atoms with van der Waals surface area (Å²) in [4.78, 5) is 30.8. The number of hydrogen-bond donors (Lipinski definition) is 0. The maximum Gasteiger partial charge on any atom is 0.246 e. The first kappa shape index (κ1) is 22.1. The zero-order valence-electron chi connectivity index (χ0n) is 19.2. The van der Waals surface area contributed by atoms with E-state index in [-0.39, 0.29) is 5.91 Å². The summed E-state index contributed by atoms with van der Waals surface area (Å²) in [6, 6.07) is 9.76. The van der Waals surface area contributed by atoms with Gasteiger partial charge in [-0.15, -0.1) is 0 Å². The van der Waals surface area contributed by atoms with Crippen LogP contribution in [0.5, 0.6) is 5.75 Å². The van der Waals surface area contributed by atoms with Crippen molar-refractivity contribution in [2.45, 2.75) is 6.92 Å². The number of amides is 1. The van der Waals surface area contributed by atoms with E-state index in [0.29, 0.717) is 13.1 Å².